The maximum atomic E-state index is 10.6. The number of carbonyl (C=O) groups is 2. The van der Waals surface area contributed by atoms with E-state index in [9.17, 15) is 26.3 Å². The van der Waals surface area contributed by atoms with Gasteiger partial charge in [0, 0.05) is 32.3 Å². The molecule has 1 aromatic rings. The lowest BCUT2D eigenvalue weighted by Gasteiger charge is -2.48. The molecule has 3 aliphatic heterocycles. The van der Waals surface area contributed by atoms with Crippen LogP contribution in [0.4, 0.5) is 26.3 Å². The molecule has 8 nitrogen and oxygen atoms in total. The first-order valence-electron chi connectivity index (χ1n) is 12.0. The van der Waals surface area contributed by atoms with Crippen molar-refractivity contribution in [3.63, 3.8) is 0 Å². The average Bonchev–Trinajstić information content (AvgIpc) is 3.38. The molecule has 0 unspecified atom stereocenters. The van der Waals surface area contributed by atoms with Crippen LogP contribution in [0.1, 0.15) is 31.2 Å². The van der Waals surface area contributed by atoms with Crippen molar-refractivity contribution in [1.29, 1.82) is 0 Å². The van der Waals surface area contributed by atoms with Crippen LogP contribution in [0.5, 0.6) is 5.75 Å². The van der Waals surface area contributed by atoms with E-state index in [1.807, 2.05) is 0 Å². The normalized spacial score (nSPS) is 24.2. The van der Waals surface area contributed by atoms with Crippen LogP contribution in [0, 0.1) is 5.92 Å². The zero-order valence-electron chi connectivity index (χ0n) is 20.8. The van der Waals surface area contributed by atoms with Gasteiger partial charge in [-0.1, -0.05) is 12.1 Å². The third kappa shape index (κ3) is 9.95. The number of fused-ring (bicyclic) bond motifs is 1. The van der Waals surface area contributed by atoms with Crippen LogP contribution in [-0.4, -0.2) is 96.3 Å². The Hall–Kier alpha value is -2.58. The summed E-state index contributed by atoms with van der Waals surface area (Å²) in [6.45, 7) is 6.84. The van der Waals surface area contributed by atoms with E-state index in [0.29, 0.717) is 18.1 Å². The average molecular weight is 559 g/mol. The van der Waals surface area contributed by atoms with Gasteiger partial charge < -0.3 is 19.7 Å². The molecule has 2 N–H and O–H groups in total. The Morgan fingerprint density at radius 3 is 1.95 bits per heavy atom. The molecular weight excluding hydrogens is 526 g/mol. The molecule has 1 aromatic carbocycles. The number of benzene rings is 1. The molecule has 38 heavy (non-hydrogen) atoms. The van der Waals surface area contributed by atoms with Crippen LogP contribution < -0.4 is 4.74 Å². The van der Waals surface area contributed by atoms with Crippen molar-refractivity contribution in [2.75, 3.05) is 39.9 Å². The molecule has 3 heterocycles. The number of likely N-dealkylation sites (tertiary alicyclic amines) is 2. The molecule has 0 saturated carbocycles. The van der Waals surface area contributed by atoms with E-state index in [2.05, 4.69) is 34.1 Å². The lowest BCUT2D eigenvalue weighted by molar-refractivity contribution is -0.193. The summed E-state index contributed by atoms with van der Waals surface area (Å²) < 4.78 is 75.0. The Morgan fingerprint density at radius 2 is 1.47 bits per heavy atom. The number of methoxy groups -OCH3 is 1. The van der Waals surface area contributed by atoms with E-state index in [4.69, 9.17) is 29.3 Å². The summed E-state index contributed by atoms with van der Waals surface area (Å²) in [6, 6.07) is 9.14. The zero-order valence-corrected chi connectivity index (χ0v) is 20.8. The van der Waals surface area contributed by atoms with Gasteiger partial charge in [0.05, 0.1) is 13.2 Å². The van der Waals surface area contributed by atoms with Gasteiger partial charge in [0.2, 0.25) is 0 Å². The molecule has 3 saturated heterocycles. The number of hydrogen-bond donors (Lipinski definition) is 2. The minimum atomic E-state index is -5.08. The highest BCUT2D eigenvalue weighted by molar-refractivity contribution is 5.73. The SMILES string of the molecule is COc1ccc(CN2C[C@@H]3CCCO[C@@H]3[C@H](N3CCCC3)C2)cc1.O=C(O)C(F)(F)F.O=C(O)C(F)(F)F. The minimum absolute atomic E-state index is 0.462. The fourth-order valence-corrected chi connectivity index (χ4v) is 4.78. The molecule has 0 amide bonds. The van der Waals surface area contributed by atoms with Crippen LogP contribution >= 0.6 is 0 Å². The number of halogens is 6. The number of nitrogens with zero attached hydrogens (tertiary/aromatic N) is 2. The van der Waals surface area contributed by atoms with Gasteiger partial charge in [-0.3, -0.25) is 9.80 Å². The van der Waals surface area contributed by atoms with Crippen molar-refractivity contribution < 1.29 is 55.6 Å². The van der Waals surface area contributed by atoms with Gasteiger partial charge >= 0.3 is 24.3 Å². The first-order valence-corrected chi connectivity index (χ1v) is 12.0. The van der Waals surface area contributed by atoms with Gasteiger partial charge in [0.1, 0.15) is 5.75 Å². The summed E-state index contributed by atoms with van der Waals surface area (Å²) in [5.74, 6) is -3.87. The second-order valence-corrected chi connectivity index (χ2v) is 9.20. The van der Waals surface area contributed by atoms with Crippen molar-refractivity contribution >= 4 is 11.9 Å². The largest absolute Gasteiger partial charge is 0.497 e. The second kappa shape index (κ2) is 14.0. The fraction of sp³-hybridized carbons (Fsp3) is 0.667. The number of aliphatic carboxylic acids is 2. The molecule has 216 valence electrons. The fourth-order valence-electron chi connectivity index (χ4n) is 4.78. The number of ether oxygens (including phenoxy) is 2. The smallest absolute Gasteiger partial charge is 0.490 e. The van der Waals surface area contributed by atoms with Crippen LogP contribution in [0.2, 0.25) is 0 Å². The molecule has 3 atom stereocenters. The van der Waals surface area contributed by atoms with E-state index in [1.165, 1.54) is 50.9 Å². The standard InChI is InChI=1S/C20H30N2O2.2C2HF3O2/c1-23-18-8-6-16(7-9-18)13-21-14-17-5-4-12-24-20(17)19(15-21)22-10-2-3-11-22;2*3-2(4,5)1(6)7/h6-9,17,19-20H,2-5,10-15H2,1H3;2*(H,6,7)/t17-,19+,20-;;/m0../s1. The monoisotopic (exact) mass is 558 g/mol. The first-order chi connectivity index (χ1) is 17.7. The highest BCUT2D eigenvalue weighted by atomic mass is 19.4. The summed E-state index contributed by atoms with van der Waals surface area (Å²) >= 11 is 0. The van der Waals surface area contributed by atoms with E-state index >= 15 is 0 Å². The van der Waals surface area contributed by atoms with Crippen LogP contribution in [0.3, 0.4) is 0 Å². The summed E-state index contributed by atoms with van der Waals surface area (Å²) in [7, 11) is 1.73. The molecule has 3 aliphatic rings. The third-order valence-electron chi connectivity index (χ3n) is 6.47. The lowest BCUT2D eigenvalue weighted by atomic mass is 9.84. The Morgan fingerprint density at radius 1 is 0.947 bits per heavy atom. The summed E-state index contributed by atoms with van der Waals surface area (Å²) in [6.07, 6.45) is -4.44. The molecule has 0 radical (unpaired) electrons. The highest BCUT2D eigenvalue weighted by Crippen LogP contribution is 2.33. The van der Waals surface area contributed by atoms with E-state index in [0.717, 1.165) is 25.4 Å². The summed E-state index contributed by atoms with van der Waals surface area (Å²) in [5.41, 5.74) is 1.38. The molecule has 3 fully saturated rings. The molecular formula is C24H32F6N2O6. The Labute approximate surface area is 216 Å². The molecule has 0 aliphatic carbocycles. The van der Waals surface area contributed by atoms with E-state index in [1.54, 1.807) is 7.11 Å². The van der Waals surface area contributed by atoms with Gasteiger partial charge in [-0.25, -0.2) is 9.59 Å². The molecule has 4 rings (SSSR count). The van der Waals surface area contributed by atoms with Crippen molar-refractivity contribution in [3.8, 4) is 5.75 Å². The number of piperidine rings is 1. The maximum absolute atomic E-state index is 10.6. The Balaban J connectivity index is 0.000000301. The summed E-state index contributed by atoms with van der Waals surface area (Å²) in [4.78, 5) is 23.1. The van der Waals surface area contributed by atoms with E-state index in [-0.39, 0.29) is 0 Å². The van der Waals surface area contributed by atoms with Crippen molar-refractivity contribution in [2.24, 2.45) is 5.92 Å². The van der Waals surface area contributed by atoms with Gasteiger partial charge in [-0.05, 0) is 62.4 Å². The van der Waals surface area contributed by atoms with Crippen LogP contribution in [0.15, 0.2) is 24.3 Å². The van der Waals surface area contributed by atoms with Crippen LogP contribution in [0.25, 0.3) is 0 Å². The molecule has 14 heteroatoms. The van der Waals surface area contributed by atoms with Gasteiger partial charge in [-0.2, -0.15) is 26.3 Å². The number of hydrogen-bond acceptors (Lipinski definition) is 6. The predicted octanol–water partition coefficient (Wildman–Crippen LogP) is 4.04. The van der Waals surface area contributed by atoms with Gasteiger partial charge in [0.25, 0.3) is 0 Å². The molecule has 0 bridgehead atoms. The van der Waals surface area contributed by atoms with Crippen molar-refractivity contribution in [2.45, 2.75) is 56.7 Å². The number of rotatable bonds is 4. The Bertz CT molecular complexity index is 866. The predicted molar refractivity (Wildman–Crippen MR) is 123 cm³/mol. The van der Waals surface area contributed by atoms with Crippen molar-refractivity contribution in [1.82, 2.24) is 9.80 Å². The summed E-state index contributed by atoms with van der Waals surface area (Å²) in [5, 5.41) is 14.2. The molecule has 0 spiro atoms. The van der Waals surface area contributed by atoms with Gasteiger partial charge in [0.15, 0.2) is 0 Å². The number of carboxylic acid groups (broad SMARTS) is 2. The lowest BCUT2D eigenvalue weighted by Crippen LogP contribution is -2.60. The number of carboxylic acids is 2. The zero-order chi connectivity index (χ0) is 28.5. The van der Waals surface area contributed by atoms with Crippen LogP contribution in [-0.2, 0) is 20.9 Å². The first kappa shape index (κ1) is 31.6. The topological polar surface area (TPSA) is 99.5 Å². The van der Waals surface area contributed by atoms with Crippen molar-refractivity contribution in [3.05, 3.63) is 29.8 Å². The molecule has 0 aromatic heterocycles. The van der Waals surface area contributed by atoms with E-state index < -0.39 is 24.3 Å². The second-order valence-electron chi connectivity index (χ2n) is 9.20. The minimum Gasteiger partial charge on any atom is -0.497 e. The Kier molecular flexibility index (Phi) is 11.6. The van der Waals surface area contributed by atoms with Gasteiger partial charge in [-0.15, -0.1) is 0 Å². The number of alkyl halides is 6. The highest BCUT2D eigenvalue weighted by Gasteiger charge is 2.42. The third-order valence-corrected chi connectivity index (χ3v) is 6.47. The quantitative estimate of drug-likeness (QED) is 0.535. The maximum Gasteiger partial charge on any atom is 0.490 e.